The van der Waals surface area contributed by atoms with Crippen molar-refractivity contribution in [2.24, 2.45) is 0 Å². The van der Waals surface area contributed by atoms with Crippen LogP contribution in [0.15, 0.2) is 12.1 Å². The third-order valence-corrected chi connectivity index (χ3v) is 1.87. The topological polar surface area (TPSA) is 17.1 Å². The van der Waals surface area contributed by atoms with E-state index < -0.39 is 28.9 Å². The highest BCUT2D eigenvalue weighted by molar-refractivity contribution is 6.32. The van der Waals surface area contributed by atoms with E-state index in [1.807, 2.05) is 0 Å². The summed E-state index contributed by atoms with van der Waals surface area (Å²) in [5.74, 6) is -3.24. The number of carbonyl (C=O) groups is 1. The van der Waals surface area contributed by atoms with Crippen LogP contribution in [0.3, 0.4) is 0 Å². The lowest BCUT2D eigenvalue weighted by molar-refractivity contribution is 0.101. The summed E-state index contributed by atoms with van der Waals surface area (Å²) < 4.78 is 25.9. The lowest BCUT2D eigenvalue weighted by Crippen LogP contribution is -2.07. The van der Waals surface area contributed by atoms with Crippen molar-refractivity contribution in [3.63, 3.8) is 0 Å². The maximum atomic E-state index is 12.9. The number of ketones is 1. The van der Waals surface area contributed by atoms with Gasteiger partial charge in [0.25, 0.3) is 0 Å². The normalized spacial score (nSPS) is 10.2. The number of hydrogen-bond donors (Lipinski definition) is 0. The molecule has 1 aromatic carbocycles. The Hall–Kier alpha value is -0.670. The molecule has 0 spiro atoms. The second-order valence-electron chi connectivity index (χ2n) is 2.30. The molecule has 13 heavy (non-hydrogen) atoms. The van der Waals surface area contributed by atoms with E-state index in [4.69, 9.17) is 23.2 Å². The van der Waals surface area contributed by atoms with Crippen molar-refractivity contribution in [1.29, 1.82) is 0 Å². The molecule has 0 amide bonds. The third-order valence-electron chi connectivity index (χ3n) is 1.41. The Morgan fingerprint density at radius 3 is 2.15 bits per heavy atom. The molecule has 0 N–H and O–H groups in total. The molecule has 0 saturated heterocycles. The standard InChI is InChI=1S/C8H4Cl2F2O/c9-3-7(13)8-5(11)1-4(10)2-6(8)12/h1-2H,3H2. The van der Waals surface area contributed by atoms with Crippen LogP contribution in [0, 0.1) is 11.6 Å². The number of benzene rings is 1. The molecule has 0 unspecified atom stereocenters. The van der Waals surface area contributed by atoms with Gasteiger partial charge >= 0.3 is 0 Å². The van der Waals surface area contributed by atoms with Gasteiger partial charge in [0, 0.05) is 5.02 Å². The summed E-state index contributed by atoms with van der Waals surface area (Å²) in [7, 11) is 0. The predicted octanol–water partition coefficient (Wildman–Crippen LogP) is 3.04. The number of halogens is 4. The Balaban J connectivity index is 3.28. The first kappa shape index (κ1) is 10.4. The average Bonchev–Trinajstić information content (AvgIpc) is 2.02. The Bertz CT molecular complexity index is 329. The molecule has 0 radical (unpaired) electrons. The van der Waals surface area contributed by atoms with Gasteiger partial charge in [-0.15, -0.1) is 11.6 Å². The van der Waals surface area contributed by atoms with Crippen molar-refractivity contribution in [2.75, 3.05) is 5.88 Å². The number of Topliss-reactive ketones (excluding diaryl/α,β-unsaturated/α-hetero) is 1. The Morgan fingerprint density at radius 2 is 1.77 bits per heavy atom. The Labute approximate surface area is 83.3 Å². The summed E-state index contributed by atoms with van der Waals surface area (Å²) >= 11 is 10.5. The summed E-state index contributed by atoms with van der Waals surface area (Å²) in [4.78, 5) is 10.9. The van der Waals surface area contributed by atoms with Crippen molar-refractivity contribution in [2.45, 2.75) is 0 Å². The summed E-state index contributed by atoms with van der Waals surface area (Å²) in [6, 6.07) is 1.73. The van der Waals surface area contributed by atoms with Crippen molar-refractivity contribution < 1.29 is 13.6 Å². The maximum Gasteiger partial charge on any atom is 0.183 e. The van der Waals surface area contributed by atoms with Crippen LogP contribution >= 0.6 is 23.2 Å². The maximum absolute atomic E-state index is 12.9. The number of hydrogen-bond acceptors (Lipinski definition) is 1. The van der Waals surface area contributed by atoms with Gasteiger partial charge in [-0.05, 0) is 12.1 Å². The molecule has 0 heterocycles. The highest BCUT2D eigenvalue weighted by Crippen LogP contribution is 2.19. The second kappa shape index (κ2) is 4.03. The molecule has 0 bridgehead atoms. The van der Waals surface area contributed by atoms with E-state index in [9.17, 15) is 13.6 Å². The first-order chi connectivity index (χ1) is 6.06. The van der Waals surface area contributed by atoms with E-state index in [0.29, 0.717) is 0 Å². The highest BCUT2D eigenvalue weighted by atomic mass is 35.5. The molecule has 0 aliphatic heterocycles. The second-order valence-corrected chi connectivity index (χ2v) is 3.00. The fourth-order valence-corrected chi connectivity index (χ4v) is 1.20. The van der Waals surface area contributed by atoms with Crippen LogP contribution in [-0.2, 0) is 0 Å². The third kappa shape index (κ3) is 2.17. The van der Waals surface area contributed by atoms with Gasteiger partial charge in [-0.1, -0.05) is 11.6 Å². The number of rotatable bonds is 2. The molecule has 0 aliphatic rings. The molecule has 0 aromatic heterocycles. The van der Waals surface area contributed by atoms with E-state index in [1.165, 1.54) is 0 Å². The summed E-state index contributed by atoms with van der Waals surface area (Å²) in [6.07, 6.45) is 0. The van der Waals surface area contributed by atoms with Crippen molar-refractivity contribution in [1.82, 2.24) is 0 Å². The lowest BCUT2D eigenvalue weighted by atomic mass is 10.1. The molecule has 5 heteroatoms. The minimum atomic E-state index is -0.990. The molecular weight excluding hydrogens is 221 g/mol. The Kier molecular flexibility index (Phi) is 3.22. The van der Waals surface area contributed by atoms with Gasteiger partial charge in [0.2, 0.25) is 0 Å². The number of alkyl halides is 1. The molecular formula is C8H4Cl2F2O. The van der Waals surface area contributed by atoms with Crippen LogP contribution in [0.2, 0.25) is 5.02 Å². The average molecular weight is 225 g/mol. The van der Waals surface area contributed by atoms with Gasteiger partial charge in [-0.3, -0.25) is 4.79 Å². The van der Waals surface area contributed by atoms with Crippen molar-refractivity contribution >= 4 is 29.0 Å². The fraction of sp³-hybridized carbons (Fsp3) is 0.125. The van der Waals surface area contributed by atoms with Gasteiger partial charge in [0.05, 0.1) is 11.4 Å². The van der Waals surface area contributed by atoms with E-state index in [-0.39, 0.29) is 5.02 Å². The van der Waals surface area contributed by atoms with Gasteiger partial charge in [0.1, 0.15) is 11.6 Å². The molecule has 1 nitrogen and oxygen atoms in total. The van der Waals surface area contributed by atoms with E-state index in [2.05, 4.69) is 0 Å². The van der Waals surface area contributed by atoms with Crippen LogP contribution in [-0.4, -0.2) is 11.7 Å². The SMILES string of the molecule is O=C(CCl)c1c(F)cc(Cl)cc1F. The van der Waals surface area contributed by atoms with Crippen LogP contribution in [0.1, 0.15) is 10.4 Å². The van der Waals surface area contributed by atoms with Crippen LogP contribution < -0.4 is 0 Å². The van der Waals surface area contributed by atoms with Crippen LogP contribution in [0.25, 0.3) is 0 Å². The molecule has 1 aromatic rings. The first-order valence-corrected chi connectivity index (χ1v) is 4.21. The van der Waals surface area contributed by atoms with Crippen LogP contribution in [0.5, 0.6) is 0 Å². The Morgan fingerprint density at radius 1 is 1.31 bits per heavy atom. The lowest BCUT2D eigenvalue weighted by Gasteiger charge is -2.01. The minimum absolute atomic E-state index is 0.0962. The van der Waals surface area contributed by atoms with Gasteiger partial charge in [-0.25, -0.2) is 8.78 Å². The van der Waals surface area contributed by atoms with Gasteiger partial charge < -0.3 is 0 Å². The van der Waals surface area contributed by atoms with Crippen LogP contribution in [0.4, 0.5) is 8.78 Å². The summed E-state index contributed by atoms with van der Waals surface area (Å²) in [6.45, 7) is 0. The van der Waals surface area contributed by atoms with E-state index in [0.717, 1.165) is 12.1 Å². The summed E-state index contributed by atoms with van der Waals surface area (Å²) in [5.41, 5.74) is -0.639. The molecule has 0 fully saturated rings. The predicted molar refractivity (Wildman–Crippen MR) is 46.4 cm³/mol. The van der Waals surface area contributed by atoms with Crippen molar-refractivity contribution in [3.8, 4) is 0 Å². The quantitative estimate of drug-likeness (QED) is 0.558. The summed E-state index contributed by atoms with van der Waals surface area (Å²) in [5, 5.41) is -0.0962. The molecule has 0 aliphatic carbocycles. The largest absolute Gasteiger partial charge is 0.293 e. The molecule has 0 saturated carbocycles. The zero-order valence-corrected chi connectivity index (χ0v) is 7.79. The molecule has 0 atom stereocenters. The monoisotopic (exact) mass is 224 g/mol. The zero-order valence-electron chi connectivity index (χ0n) is 6.28. The van der Waals surface area contributed by atoms with Crippen molar-refractivity contribution in [3.05, 3.63) is 34.4 Å². The highest BCUT2D eigenvalue weighted by Gasteiger charge is 2.16. The van der Waals surface area contributed by atoms with E-state index in [1.54, 1.807) is 0 Å². The van der Waals surface area contributed by atoms with E-state index >= 15 is 0 Å². The fourth-order valence-electron chi connectivity index (χ4n) is 0.875. The smallest absolute Gasteiger partial charge is 0.183 e. The van der Waals surface area contributed by atoms with Gasteiger partial charge in [0.15, 0.2) is 5.78 Å². The van der Waals surface area contributed by atoms with Gasteiger partial charge in [-0.2, -0.15) is 0 Å². The zero-order chi connectivity index (χ0) is 10.0. The number of carbonyl (C=O) groups excluding carboxylic acids is 1. The molecule has 1 rings (SSSR count). The minimum Gasteiger partial charge on any atom is -0.293 e. The first-order valence-electron chi connectivity index (χ1n) is 3.30. The molecule has 70 valence electrons.